The van der Waals surface area contributed by atoms with Crippen LogP contribution in [0.1, 0.15) is 11.1 Å². The Morgan fingerprint density at radius 3 is 2.37 bits per heavy atom. The highest BCUT2D eigenvalue weighted by molar-refractivity contribution is 7.89. The van der Waals surface area contributed by atoms with Gasteiger partial charge in [-0.2, -0.15) is 0 Å². The van der Waals surface area contributed by atoms with Crippen molar-refractivity contribution in [3.05, 3.63) is 23.3 Å². The summed E-state index contributed by atoms with van der Waals surface area (Å²) in [4.78, 5) is 0.193. The van der Waals surface area contributed by atoms with E-state index in [1.54, 1.807) is 13.1 Å². The van der Waals surface area contributed by atoms with E-state index in [1.165, 1.54) is 7.11 Å². The monoisotopic (exact) mass is 308 g/mol. The number of rotatable bonds is 6. The molecule has 0 aliphatic rings. The van der Waals surface area contributed by atoms with Gasteiger partial charge in [-0.15, -0.1) is 12.4 Å². The molecule has 0 radical (unpaired) electrons. The van der Waals surface area contributed by atoms with Crippen LogP contribution in [0.2, 0.25) is 0 Å². The molecule has 0 fully saturated rings. The first kappa shape index (κ1) is 18.2. The molecule has 0 heterocycles. The maximum absolute atomic E-state index is 12.2. The molecule has 0 amide bonds. The van der Waals surface area contributed by atoms with Gasteiger partial charge in [-0.05, 0) is 38.1 Å². The lowest BCUT2D eigenvalue weighted by atomic mass is 10.1. The number of likely N-dealkylation sites (N-methyl/N-ethyl adjacent to an activating group) is 1. The molecule has 0 atom stereocenters. The highest BCUT2D eigenvalue weighted by Gasteiger charge is 2.20. The van der Waals surface area contributed by atoms with Crippen molar-refractivity contribution in [2.24, 2.45) is 0 Å². The summed E-state index contributed by atoms with van der Waals surface area (Å²) >= 11 is 0. The zero-order valence-corrected chi connectivity index (χ0v) is 13.2. The molecule has 0 saturated heterocycles. The van der Waals surface area contributed by atoms with E-state index in [2.05, 4.69) is 10.0 Å². The van der Waals surface area contributed by atoms with Crippen LogP contribution in [0.3, 0.4) is 0 Å². The molecular weight excluding hydrogens is 288 g/mol. The number of sulfonamides is 1. The Bertz CT molecular complexity index is 518. The summed E-state index contributed by atoms with van der Waals surface area (Å²) in [5, 5.41) is 2.88. The van der Waals surface area contributed by atoms with Gasteiger partial charge in [-0.25, -0.2) is 13.1 Å². The van der Waals surface area contributed by atoms with Gasteiger partial charge in [0.25, 0.3) is 0 Å². The first-order valence-corrected chi connectivity index (χ1v) is 7.20. The van der Waals surface area contributed by atoms with Gasteiger partial charge in [0.1, 0.15) is 10.6 Å². The first-order valence-electron chi connectivity index (χ1n) is 5.72. The van der Waals surface area contributed by atoms with Gasteiger partial charge < -0.3 is 10.1 Å². The molecule has 1 aromatic rings. The number of aryl methyl sites for hydroxylation is 2. The second-order valence-corrected chi connectivity index (χ2v) is 5.85. The van der Waals surface area contributed by atoms with Gasteiger partial charge in [0.2, 0.25) is 10.0 Å². The number of methoxy groups -OCH3 is 1. The van der Waals surface area contributed by atoms with Crippen LogP contribution >= 0.6 is 12.4 Å². The first-order chi connectivity index (χ1) is 8.42. The van der Waals surface area contributed by atoms with Crippen molar-refractivity contribution >= 4 is 22.4 Å². The maximum atomic E-state index is 12.2. The minimum absolute atomic E-state index is 0. The number of hydrogen-bond donors (Lipinski definition) is 2. The molecule has 0 saturated carbocycles. The zero-order valence-electron chi connectivity index (χ0n) is 11.6. The van der Waals surface area contributed by atoms with Crippen LogP contribution in [0.25, 0.3) is 0 Å². The second-order valence-electron chi connectivity index (χ2n) is 4.11. The summed E-state index contributed by atoms with van der Waals surface area (Å²) < 4.78 is 32.1. The molecule has 0 aromatic heterocycles. The SMILES string of the molecule is CNCCNS(=O)(=O)c1cc(C)cc(C)c1OC.Cl. The lowest BCUT2D eigenvalue weighted by Gasteiger charge is -2.13. The summed E-state index contributed by atoms with van der Waals surface area (Å²) in [7, 11) is -0.289. The van der Waals surface area contributed by atoms with Gasteiger partial charge >= 0.3 is 0 Å². The molecule has 2 N–H and O–H groups in total. The summed E-state index contributed by atoms with van der Waals surface area (Å²) in [5.74, 6) is 0.401. The summed E-state index contributed by atoms with van der Waals surface area (Å²) in [6.45, 7) is 4.61. The summed E-state index contributed by atoms with van der Waals surface area (Å²) in [6.07, 6.45) is 0. The fourth-order valence-electron chi connectivity index (χ4n) is 1.76. The lowest BCUT2D eigenvalue weighted by Crippen LogP contribution is -2.30. The van der Waals surface area contributed by atoms with E-state index in [4.69, 9.17) is 4.74 Å². The van der Waals surface area contributed by atoms with E-state index in [0.717, 1.165) is 11.1 Å². The third kappa shape index (κ3) is 4.65. The molecule has 0 spiro atoms. The van der Waals surface area contributed by atoms with Crippen molar-refractivity contribution in [1.29, 1.82) is 0 Å². The van der Waals surface area contributed by atoms with Crippen molar-refractivity contribution in [1.82, 2.24) is 10.0 Å². The topological polar surface area (TPSA) is 67.4 Å². The van der Waals surface area contributed by atoms with Gasteiger partial charge in [0.15, 0.2) is 0 Å². The smallest absolute Gasteiger partial charge is 0.244 e. The fraction of sp³-hybridized carbons (Fsp3) is 0.500. The predicted molar refractivity (Wildman–Crippen MR) is 78.8 cm³/mol. The Morgan fingerprint density at radius 1 is 1.21 bits per heavy atom. The maximum Gasteiger partial charge on any atom is 0.244 e. The van der Waals surface area contributed by atoms with E-state index < -0.39 is 10.0 Å². The van der Waals surface area contributed by atoms with Crippen LogP contribution in [0.5, 0.6) is 5.75 Å². The van der Waals surface area contributed by atoms with Crippen molar-refractivity contribution < 1.29 is 13.2 Å². The number of ether oxygens (including phenoxy) is 1. The van der Waals surface area contributed by atoms with Gasteiger partial charge in [0.05, 0.1) is 7.11 Å². The quantitative estimate of drug-likeness (QED) is 0.776. The van der Waals surface area contributed by atoms with Gasteiger partial charge in [0, 0.05) is 13.1 Å². The third-order valence-electron chi connectivity index (χ3n) is 2.55. The lowest BCUT2D eigenvalue weighted by molar-refractivity contribution is 0.399. The van der Waals surface area contributed by atoms with E-state index in [-0.39, 0.29) is 17.3 Å². The average Bonchev–Trinajstić information content (AvgIpc) is 2.28. The predicted octanol–water partition coefficient (Wildman–Crippen LogP) is 1.23. The van der Waals surface area contributed by atoms with Crippen molar-refractivity contribution in [3.8, 4) is 5.75 Å². The molecule has 0 aliphatic heterocycles. The molecule has 0 unspecified atom stereocenters. The van der Waals surface area contributed by atoms with Crippen molar-refractivity contribution in [2.75, 3.05) is 27.2 Å². The van der Waals surface area contributed by atoms with Crippen LogP contribution in [0.15, 0.2) is 17.0 Å². The molecule has 1 rings (SSSR count). The molecule has 1 aromatic carbocycles. The highest BCUT2D eigenvalue weighted by atomic mass is 35.5. The van der Waals surface area contributed by atoms with Crippen LogP contribution < -0.4 is 14.8 Å². The van der Waals surface area contributed by atoms with E-state index in [1.807, 2.05) is 19.9 Å². The molecule has 7 heteroatoms. The van der Waals surface area contributed by atoms with Crippen molar-refractivity contribution in [2.45, 2.75) is 18.7 Å². The zero-order chi connectivity index (χ0) is 13.8. The number of benzene rings is 1. The largest absolute Gasteiger partial charge is 0.495 e. The Hall–Kier alpha value is -0.820. The minimum Gasteiger partial charge on any atom is -0.495 e. The Kier molecular flexibility index (Phi) is 7.36. The normalized spacial score (nSPS) is 10.9. The minimum atomic E-state index is -3.54. The van der Waals surface area contributed by atoms with Crippen LogP contribution in [-0.2, 0) is 10.0 Å². The molecule has 5 nitrogen and oxygen atoms in total. The number of hydrogen-bond acceptors (Lipinski definition) is 4. The van der Waals surface area contributed by atoms with Crippen LogP contribution in [0.4, 0.5) is 0 Å². The average molecular weight is 309 g/mol. The Labute approximate surface area is 121 Å². The molecule has 19 heavy (non-hydrogen) atoms. The fourth-order valence-corrected chi connectivity index (χ4v) is 3.12. The van der Waals surface area contributed by atoms with Gasteiger partial charge in [-0.1, -0.05) is 6.07 Å². The highest BCUT2D eigenvalue weighted by Crippen LogP contribution is 2.28. The molecular formula is C12H21ClN2O3S. The van der Waals surface area contributed by atoms with E-state index in [0.29, 0.717) is 18.8 Å². The third-order valence-corrected chi connectivity index (χ3v) is 4.01. The Balaban J connectivity index is 0.00000324. The van der Waals surface area contributed by atoms with E-state index in [9.17, 15) is 8.42 Å². The summed E-state index contributed by atoms with van der Waals surface area (Å²) in [5.41, 5.74) is 1.70. The van der Waals surface area contributed by atoms with E-state index >= 15 is 0 Å². The number of nitrogens with one attached hydrogen (secondary N) is 2. The van der Waals surface area contributed by atoms with Crippen LogP contribution in [-0.4, -0.2) is 35.7 Å². The summed E-state index contributed by atoms with van der Waals surface area (Å²) in [6, 6.07) is 3.51. The Morgan fingerprint density at radius 2 is 1.84 bits per heavy atom. The molecule has 0 aliphatic carbocycles. The molecule has 110 valence electrons. The van der Waals surface area contributed by atoms with Crippen molar-refractivity contribution in [3.63, 3.8) is 0 Å². The standard InChI is InChI=1S/C12H20N2O3S.ClH/c1-9-7-10(2)12(17-4)11(8-9)18(15,16)14-6-5-13-3;/h7-8,13-14H,5-6H2,1-4H3;1H. The second kappa shape index (κ2) is 7.69. The van der Waals surface area contributed by atoms with Gasteiger partial charge in [-0.3, -0.25) is 0 Å². The van der Waals surface area contributed by atoms with Crippen LogP contribution in [0, 0.1) is 13.8 Å². The molecule has 0 bridgehead atoms. The number of halogens is 1.